The van der Waals surface area contributed by atoms with E-state index in [9.17, 15) is 35.9 Å². The molecule has 0 aromatic rings. The van der Waals surface area contributed by atoms with Gasteiger partial charge in [-0.05, 0) is 68.6 Å². The summed E-state index contributed by atoms with van der Waals surface area (Å²) in [5.41, 5.74) is -6.10. The van der Waals surface area contributed by atoms with Gasteiger partial charge in [0.15, 0.2) is 0 Å². The van der Waals surface area contributed by atoms with Crippen LogP contribution in [-0.4, -0.2) is 36.5 Å². The van der Waals surface area contributed by atoms with Gasteiger partial charge >= 0.3 is 29.9 Å². The summed E-state index contributed by atoms with van der Waals surface area (Å²) in [7, 11) is 0. The Labute approximate surface area is 163 Å². The molecule has 164 valence electrons. The highest BCUT2D eigenvalue weighted by Crippen LogP contribution is 2.56. The molecular formula is C19H22F6O4. The summed E-state index contributed by atoms with van der Waals surface area (Å²) in [5.74, 6) is -3.60. The van der Waals surface area contributed by atoms with Gasteiger partial charge in [-0.2, -0.15) is 26.3 Å². The second-order valence-electron chi connectivity index (χ2n) is 8.54. The number of halogens is 6. The maximum atomic E-state index is 13.5. The van der Waals surface area contributed by atoms with Crippen LogP contribution < -0.4 is 0 Å². The minimum Gasteiger partial charge on any atom is -0.462 e. The van der Waals surface area contributed by atoms with Gasteiger partial charge in [0.1, 0.15) is 0 Å². The first-order valence-electron chi connectivity index (χ1n) is 9.45. The minimum atomic E-state index is -6.25. The molecule has 4 bridgehead atoms. The SMILES string of the molecule is C=C(C)C(=O)OC(C(=O)OCC1C2CC3CC(C2)CC1C3)(C(F)(F)F)C(F)(F)F. The fourth-order valence-corrected chi connectivity index (χ4v) is 5.36. The quantitative estimate of drug-likeness (QED) is 0.365. The van der Waals surface area contributed by atoms with Crippen molar-refractivity contribution in [3.63, 3.8) is 0 Å². The molecule has 4 saturated carbocycles. The first kappa shape index (κ1) is 22.0. The molecule has 0 unspecified atom stereocenters. The fourth-order valence-electron chi connectivity index (χ4n) is 5.36. The lowest BCUT2D eigenvalue weighted by Crippen LogP contribution is -2.65. The lowest BCUT2D eigenvalue weighted by molar-refractivity contribution is -0.358. The molecule has 4 aliphatic carbocycles. The van der Waals surface area contributed by atoms with Gasteiger partial charge in [-0.25, -0.2) is 9.59 Å². The molecule has 0 heterocycles. The predicted octanol–water partition coefficient (Wildman–Crippen LogP) is 4.58. The Morgan fingerprint density at radius 2 is 1.34 bits per heavy atom. The van der Waals surface area contributed by atoms with Crippen LogP contribution in [0.2, 0.25) is 0 Å². The molecule has 0 radical (unpaired) electrons. The minimum absolute atomic E-state index is 0.128. The van der Waals surface area contributed by atoms with E-state index in [2.05, 4.69) is 16.1 Å². The number of esters is 2. The van der Waals surface area contributed by atoms with E-state index in [1.807, 2.05) is 0 Å². The van der Waals surface area contributed by atoms with Crippen LogP contribution in [-0.2, 0) is 19.1 Å². The van der Waals surface area contributed by atoms with E-state index < -0.39 is 42.1 Å². The van der Waals surface area contributed by atoms with Crippen LogP contribution in [0, 0.1) is 29.6 Å². The van der Waals surface area contributed by atoms with Crippen molar-refractivity contribution in [2.24, 2.45) is 29.6 Å². The van der Waals surface area contributed by atoms with Crippen molar-refractivity contribution in [3.8, 4) is 0 Å². The monoisotopic (exact) mass is 428 g/mol. The molecule has 0 spiro atoms. The molecule has 0 aromatic heterocycles. The summed E-state index contributed by atoms with van der Waals surface area (Å²) in [4.78, 5) is 23.7. The lowest BCUT2D eigenvalue weighted by atomic mass is 9.52. The third-order valence-corrected chi connectivity index (χ3v) is 6.51. The highest BCUT2D eigenvalue weighted by Gasteiger charge is 2.80. The van der Waals surface area contributed by atoms with Crippen LogP contribution >= 0.6 is 0 Å². The number of ether oxygens (including phenoxy) is 2. The summed E-state index contributed by atoms with van der Waals surface area (Å²) in [6, 6.07) is 0. The Morgan fingerprint density at radius 3 is 1.72 bits per heavy atom. The smallest absolute Gasteiger partial charge is 0.449 e. The molecule has 0 atom stereocenters. The van der Waals surface area contributed by atoms with Gasteiger partial charge in [0.05, 0.1) is 6.61 Å². The number of alkyl halides is 6. The molecule has 0 aliphatic heterocycles. The third-order valence-electron chi connectivity index (χ3n) is 6.51. The van der Waals surface area contributed by atoms with Crippen LogP contribution in [0.25, 0.3) is 0 Å². The maximum absolute atomic E-state index is 13.5. The van der Waals surface area contributed by atoms with E-state index in [-0.39, 0.29) is 17.8 Å². The van der Waals surface area contributed by atoms with Gasteiger partial charge in [-0.15, -0.1) is 0 Å². The van der Waals surface area contributed by atoms with Crippen LogP contribution in [0.5, 0.6) is 0 Å². The second-order valence-corrected chi connectivity index (χ2v) is 8.54. The Morgan fingerprint density at radius 1 is 0.897 bits per heavy atom. The van der Waals surface area contributed by atoms with Gasteiger partial charge in [-0.3, -0.25) is 0 Å². The van der Waals surface area contributed by atoms with Crippen molar-refractivity contribution in [1.29, 1.82) is 0 Å². The third kappa shape index (κ3) is 3.74. The molecule has 29 heavy (non-hydrogen) atoms. The van der Waals surface area contributed by atoms with E-state index >= 15 is 0 Å². The summed E-state index contributed by atoms with van der Waals surface area (Å²) in [6.45, 7) is 3.30. The van der Waals surface area contributed by atoms with E-state index in [1.165, 1.54) is 0 Å². The zero-order chi connectivity index (χ0) is 21.8. The topological polar surface area (TPSA) is 52.6 Å². The number of hydrogen-bond donors (Lipinski definition) is 0. The molecule has 0 saturated heterocycles. The van der Waals surface area contributed by atoms with Crippen LogP contribution in [0.3, 0.4) is 0 Å². The lowest BCUT2D eigenvalue weighted by Gasteiger charge is -2.54. The Kier molecular flexibility index (Phi) is 5.45. The summed E-state index contributed by atoms with van der Waals surface area (Å²) in [5, 5.41) is 0. The predicted molar refractivity (Wildman–Crippen MR) is 87.2 cm³/mol. The molecule has 0 N–H and O–H groups in total. The summed E-state index contributed by atoms with van der Waals surface area (Å²) >= 11 is 0. The Balaban J connectivity index is 1.81. The fraction of sp³-hybridized carbons (Fsp3) is 0.789. The number of carbonyl (C=O) groups excluding carboxylic acids is 2. The average molecular weight is 428 g/mol. The molecule has 4 rings (SSSR count). The Bertz CT molecular complexity index is 654. The number of hydrogen-bond acceptors (Lipinski definition) is 4. The molecule has 4 fully saturated rings. The van der Waals surface area contributed by atoms with Gasteiger partial charge in [-0.1, -0.05) is 6.58 Å². The van der Waals surface area contributed by atoms with Gasteiger partial charge in [0, 0.05) is 5.57 Å². The van der Waals surface area contributed by atoms with Crippen molar-refractivity contribution in [3.05, 3.63) is 12.2 Å². The van der Waals surface area contributed by atoms with Gasteiger partial charge in [0.25, 0.3) is 0 Å². The number of rotatable bonds is 5. The van der Waals surface area contributed by atoms with E-state index in [0.29, 0.717) is 11.8 Å². The van der Waals surface area contributed by atoms with Crippen LogP contribution in [0.1, 0.15) is 39.0 Å². The van der Waals surface area contributed by atoms with Crippen molar-refractivity contribution in [2.45, 2.75) is 57.0 Å². The molecule has 0 amide bonds. The molecule has 4 nitrogen and oxygen atoms in total. The van der Waals surface area contributed by atoms with Crippen LogP contribution in [0.15, 0.2) is 12.2 Å². The highest BCUT2D eigenvalue weighted by molar-refractivity contribution is 5.92. The Hall–Kier alpha value is -1.74. The second kappa shape index (κ2) is 7.19. The zero-order valence-electron chi connectivity index (χ0n) is 15.7. The molecule has 10 heteroatoms. The van der Waals surface area contributed by atoms with Crippen molar-refractivity contribution < 1.29 is 45.4 Å². The van der Waals surface area contributed by atoms with Gasteiger partial charge in [0.2, 0.25) is 0 Å². The molecule has 4 aliphatic rings. The average Bonchev–Trinajstić information content (AvgIpc) is 2.55. The summed E-state index contributed by atoms with van der Waals surface area (Å²) in [6.07, 6.45) is -7.99. The zero-order valence-corrected chi connectivity index (χ0v) is 15.7. The maximum Gasteiger partial charge on any atom is 0.449 e. The molecule has 0 aromatic carbocycles. The van der Waals surface area contributed by atoms with Crippen molar-refractivity contribution in [1.82, 2.24) is 0 Å². The largest absolute Gasteiger partial charge is 0.462 e. The van der Waals surface area contributed by atoms with E-state index in [1.54, 1.807) is 0 Å². The first-order chi connectivity index (χ1) is 13.3. The first-order valence-corrected chi connectivity index (χ1v) is 9.45. The summed E-state index contributed by atoms with van der Waals surface area (Å²) < 4.78 is 89.1. The highest BCUT2D eigenvalue weighted by atomic mass is 19.4. The normalized spacial score (nSPS) is 31.5. The van der Waals surface area contributed by atoms with Crippen molar-refractivity contribution >= 4 is 11.9 Å². The van der Waals surface area contributed by atoms with Crippen LogP contribution in [0.4, 0.5) is 26.3 Å². The number of carbonyl (C=O) groups is 2. The molecular weight excluding hydrogens is 406 g/mol. The van der Waals surface area contributed by atoms with Gasteiger partial charge < -0.3 is 9.47 Å². The van der Waals surface area contributed by atoms with E-state index in [4.69, 9.17) is 0 Å². The standard InChI is InChI=1S/C19H22F6O4/c1-9(2)15(26)29-17(18(20,21)22,19(23,24)25)16(27)28-8-14-12-4-10-3-11(6-12)7-13(14)5-10/h10-14H,1,3-8H2,2H3. The van der Waals surface area contributed by atoms with E-state index in [0.717, 1.165) is 39.0 Å². The van der Waals surface area contributed by atoms with Crippen molar-refractivity contribution in [2.75, 3.05) is 6.61 Å².